The number of esters is 2. The monoisotopic (exact) mass is 252 g/mol. The van der Waals surface area contributed by atoms with Crippen molar-refractivity contribution in [3.63, 3.8) is 0 Å². The van der Waals surface area contributed by atoms with Gasteiger partial charge in [0.05, 0.1) is 24.3 Å². The molecule has 0 radical (unpaired) electrons. The molecule has 0 amide bonds. The van der Waals surface area contributed by atoms with Crippen molar-refractivity contribution in [1.29, 1.82) is 0 Å². The van der Waals surface area contributed by atoms with Crippen molar-refractivity contribution < 1.29 is 24.2 Å². The number of aliphatic hydroxyl groups is 1. The number of aliphatic hydroxyl groups excluding tert-OH is 1. The number of rotatable bonds is 6. The molecule has 0 fully saturated rings. The second kappa shape index (κ2) is 7.45. The SMILES string of the molecule is CCCOC(=O)c1ccc(C(=O)OCCO)cc1. The first-order chi connectivity index (χ1) is 8.69. The Kier molecular flexibility index (Phi) is 5.87. The van der Waals surface area contributed by atoms with Gasteiger partial charge in [-0.3, -0.25) is 0 Å². The highest BCUT2D eigenvalue weighted by molar-refractivity contribution is 5.93. The van der Waals surface area contributed by atoms with E-state index in [1.165, 1.54) is 24.3 Å². The van der Waals surface area contributed by atoms with Crippen molar-refractivity contribution in [2.24, 2.45) is 0 Å². The van der Waals surface area contributed by atoms with Gasteiger partial charge in [0.15, 0.2) is 0 Å². The van der Waals surface area contributed by atoms with Crippen molar-refractivity contribution in [3.05, 3.63) is 35.4 Å². The van der Waals surface area contributed by atoms with Gasteiger partial charge in [0.2, 0.25) is 0 Å². The first-order valence-electron chi connectivity index (χ1n) is 5.74. The summed E-state index contributed by atoms with van der Waals surface area (Å²) >= 11 is 0. The van der Waals surface area contributed by atoms with Gasteiger partial charge in [-0.25, -0.2) is 9.59 Å². The lowest BCUT2D eigenvalue weighted by atomic mass is 10.1. The molecule has 0 aliphatic rings. The summed E-state index contributed by atoms with van der Waals surface area (Å²) in [7, 11) is 0. The zero-order chi connectivity index (χ0) is 13.4. The first-order valence-corrected chi connectivity index (χ1v) is 5.74. The van der Waals surface area contributed by atoms with Gasteiger partial charge < -0.3 is 14.6 Å². The molecule has 0 aliphatic heterocycles. The van der Waals surface area contributed by atoms with Gasteiger partial charge in [0.25, 0.3) is 0 Å². The van der Waals surface area contributed by atoms with Crippen LogP contribution in [0.4, 0.5) is 0 Å². The second-order valence-corrected chi connectivity index (χ2v) is 3.57. The molecule has 5 heteroatoms. The van der Waals surface area contributed by atoms with Crippen LogP contribution in [0.1, 0.15) is 34.1 Å². The van der Waals surface area contributed by atoms with E-state index in [-0.39, 0.29) is 13.2 Å². The first kappa shape index (κ1) is 14.2. The van der Waals surface area contributed by atoms with Crippen LogP contribution >= 0.6 is 0 Å². The Bertz CT molecular complexity index is 357. The number of benzene rings is 1. The maximum absolute atomic E-state index is 11.5. The van der Waals surface area contributed by atoms with Crippen LogP contribution in [-0.2, 0) is 9.47 Å². The minimum atomic E-state index is -0.530. The maximum atomic E-state index is 11.5. The third kappa shape index (κ3) is 4.18. The summed E-state index contributed by atoms with van der Waals surface area (Å²) in [6.07, 6.45) is 0.761. The summed E-state index contributed by atoms with van der Waals surface area (Å²) < 4.78 is 9.69. The molecular weight excluding hydrogens is 236 g/mol. The van der Waals surface area contributed by atoms with Crippen LogP contribution in [0.2, 0.25) is 0 Å². The van der Waals surface area contributed by atoms with Gasteiger partial charge in [-0.05, 0) is 30.7 Å². The van der Waals surface area contributed by atoms with E-state index in [2.05, 4.69) is 0 Å². The fraction of sp³-hybridized carbons (Fsp3) is 0.385. The van der Waals surface area contributed by atoms with Crippen molar-refractivity contribution in [3.8, 4) is 0 Å². The minimum absolute atomic E-state index is 0.0425. The van der Waals surface area contributed by atoms with Gasteiger partial charge in [0, 0.05) is 0 Å². The summed E-state index contributed by atoms with van der Waals surface area (Å²) in [5, 5.41) is 8.52. The summed E-state index contributed by atoms with van der Waals surface area (Å²) in [4.78, 5) is 22.9. The summed E-state index contributed by atoms with van der Waals surface area (Å²) in [6.45, 7) is 2.03. The fourth-order valence-electron chi connectivity index (χ4n) is 1.24. The van der Waals surface area contributed by atoms with Crippen LogP contribution in [-0.4, -0.2) is 36.9 Å². The highest BCUT2D eigenvalue weighted by Crippen LogP contribution is 2.07. The minimum Gasteiger partial charge on any atom is -0.462 e. The van der Waals surface area contributed by atoms with Crippen molar-refractivity contribution in [1.82, 2.24) is 0 Å². The van der Waals surface area contributed by atoms with Crippen molar-refractivity contribution in [2.75, 3.05) is 19.8 Å². The molecule has 0 atom stereocenters. The Morgan fingerprint density at radius 2 is 1.44 bits per heavy atom. The summed E-state index contributed by atoms with van der Waals surface area (Å²) in [5.74, 6) is -0.940. The van der Waals surface area contributed by atoms with Gasteiger partial charge in [-0.1, -0.05) is 6.92 Å². The Morgan fingerprint density at radius 3 is 1.83 bits per heavy atom. The van der Waals surface area contributed by atoms with E-state index < -0.39 is 11.9 Å². The average Bonchev–Trinajstić information content (AvgIpc) is 2.42. The standard InChI is InChI=1S/C13H16O5/c1-2-8-17-12(15)10-3-5-11(6-4-10)13(16)18-9-7-14/h3-6,14H,2,7-9H2,1H3. The molecule has 0 saturated carbocycles. The van der Waals surface area contributed by atoms with E-state index in [0.29, 0.717) is 17.7 Å². The predicted molar refractivity (Wildman–Crippen MR) is 64.4 cm³/mol. The van der Waals surface area contributed by atoms with E-state index in [1.807, 2.05) is 6.92 Å². The van der Waals surface area contributed by atoms with E-state index >= 15 is 0 Å². The van der Waals surface area contributed by atoms with Crippen LogP contribution in [0.15, 0.2) is 24.3 Å². The zero-order valence-electron chi connectivity index (χ0n) is 10.2. The molecular formula is C13H16O5. The topological polar surface area (TPSA) is 72.8 Å². The molecule has 18 heavy (non-hydrogen) atoms. The highest BCUT2D eigenvalue weighted by Gasteiger charge is 2.10. The number of hydrogen-bond acceptors (Lipinski definition) is 5. The Hall–Kier alpha value is -1.88. The predicted octanol–water partition coefficient (Wildman–Crippen LogP) is 1.40. The smallest absolute Gasteiger partial charge is 0.338 e. The lowest BCUT2D eigenvalue weighted by Gasteiger charge is -2.05. The summed E-state index contributed by atoms with van der Waals surface area (Å²) in [5.41, 5.74) is 0.720. The zero-order valence-corrected chi connectivity index (χ0v) is 10.2. The molecule has 0 saturated heterocycles. The molecule has 98 valence electrons. The molecule has 1 aromatic carbocycles. The van der Waals surface area contributed by atoms with Gasteiger partial charge in [-0.15, -0.1) is 0 Å². The van der Waals surface area contributed by atoms with Gasteiger partial charge in [0.1, 0.15) is 6.61 Å². The molecule has 1 rings (SSSR count). The Labute approximate surface area is 105 Å². The van der Waals surface area contributed by atoms with Crippen LogP contribution in [0.25, 0.3) is 0 Å². The lowest BCUT2D eigenvalue weighted by Crippen LogP contribution is -2.10. The number of carbonyl (C=O) groups is 2. The Balaban J connectivity index is 2.62. The van der Waals surface area contributed by atoms with Crippen molar-refractivity contribution >= 4 is 11.9 Å². The number of carbonyl (C=O) groups excluding carboxylic acids is 2. The van der Waals surface area contributed by atoms with Crippen LogP contribution < -0.4 is 0 Å². The van der Waals surface area contributed by atoms with E-state index in [4.69, 9.17) is 14.6 Å². The average molecular weight is 252 g/mol. The molecule has 1 aromatic rings. The normalized spacial score (nSPS) is 9.89. The second-order valence-electron chi connectivity index (χ2n) is 3.57. The quantitative estimate of drug-likeness (QED) is 0.775. The third-order valence-corrected chi connectivity index (χ3v) is 2.12. The van der Waals surface area contributed by atoms with Crippen LogP contribution in [0.3, 0.4) is 0 Å². The van der Waals surface area contributed by atoms with Crippen LogP contribution in [0.5, 0.6) is 0 Å². The number of hydrogen-bond donors (Lipinski definition) is 1. The molecule has 0 aromatic heterocycles. The summed E-state index contributed by atoms with van der Waals surface area (Å²) in [6, 6.07) is 5.99. The van der Waals surface area contributed by atoms with Gasteiger partial charge in [-0.2, -0.15) is 0 Å². The molecule has 0 heterocycles. The highest BCUT2D eigenvalue weighted by atomic mass is 16.5. The molecule has 1 N–H and O–H groups in total. The van der Waals surface area contributed by atoms with Crippen LogP contribution in [0, 0.1) is 0 Å². The lowest BCUT2D eigenvalue weighted by molar-refractivity contribution is 0.0431. The largest absolute Gasteiger partial charge is 0.462 e. The Morgan fingerprint density at radius 1 is 1.00 bits per heavy atom. The van der Waals surface area contributed by atoms with E-state index in [9.17, 15) is 9.59 Å². The van der Waals surface area contributed by atoms with Gasteiger partial charge >= 0.3 is 11.9 Å². The molecule has 0 spiro atoms. The van der Waals surface area contributed by atoms with E-state index in [0.717, 1.165) is 6.42 Å². The maximum Gasteiger partial charge on any atom is 0.338 e. The van der Waals surface area contributed by atoms with Crippen molar-refractivity contribution in [2.45, 2.75) is 13.3 Å². The third-order valence-electron chi connectivity index (χ3n) is 2.12. The molecule has 0 unspecified atom stereocenters. The molecule has 5 nitrogen and oxygen atoms in total. The molecule has 0 aliphatic carbocycles. The molecule has 0 bridgehead atoms. The van der Waals surface area contributed by atoms with E-state index in [1.54, 1.807) is 0 Å². The number of ether oxygens (including phenoxy) is 2. The fourth-order valence-corrected chi connectivity index (χ4v) is 1.24.